The predicted molar refractivity (Wildman–Crippen MR) is 79.4 cm³/mol. The van der Waals surface area contributed by atoms with E-state index in [4.69, 9.17) is 16.7 Å². The van der Waals surface area contributed by atoms with Crippen molar-refractivity contribution < 1.29 is 23.1 Å². The van der Waals surface area contributed by atoms with Crippen LogP contribution < -0.4 is 10.6 Å². The van der Waals surface area contributed by atoms with Crippen LogP contribution in [0.4, 0.5) is 10.5 Å². The molecule has 7 nitrogen and oxygen atoms in total. The molecule has 0 aliphatic rings. The molecular weight excluding hydrogens is 320 g/mol. The number of halogens is 1. The smallest absolute Gasteiger partial charge is 0.326 e. The molecule has 0 aromatic heterocycles. The standard InChI is InChI=1S/C12H15ClN2O5S/c1-21(19,20)6-5-10(11(16)17)15-12(18)14-9-4-2-3-8(13)7-9/h2-4,7,10H,5-6H2,1H3,(H,16,17)(H2,14,15,18)/t10-/m1/s1. The fourth-order valence-electron chi connectivity index (χ4n) is 1.48. The molecule has 0 heterocycles. The van der Waals surface area contributed by atoms with Crippen molar-refractivity contribution in [3.8, 4) is 0 Å². The molecule has 3 N–H and O–H groups in total. The van der Waals surface area contributed by atoms with Gasteiger partial charge in [0, 0.05) is 17.0 Å². The normalized spacial score (nSPS) is 12.5. The topological polar surface area (TPSA) is 113 Å². The number of carboxylic acid groups (broad SMARTS) is 1. The molecule has 0 aliphatic heterocycles. The lowest BCUT2D eigenvalue weighted by molar-refractivity contribution is -0.139. The summed E-state index contributed by atoms with van der Waals surface area (Å²) in [5.74, 6) is -1.64. The van der Waals surface area contributed by atoms with E-state index in [0.29, 0.717) is 10.7 Å². The minimum Gasteiger partial charge on any atom is -0.480 e. The Labute approximate surface area is 127 Å². The van der Waals surface area contributed by atoms with Gasteiger partial charge in [-0.3, -0.25) is 0 Å². The molecule has 0 saturated carbocycles. The average Bonchev–Trinajstić information content (AvgIpc) is 2.32. The molecule has 1 atom stereocenters. The molecular formula is C12H15ClN2O5S. The van der Waals surface area contributed by atoms with Crippen molar-refractivity contribution in [1.82, 2.24) is 5.32 Å². The zero-order chi connectivity index (χ0) is 16.0. The molecule has 0 spiro atoms. The van der Waals surface area contributed by atoms with Gasteiger partial charge in [-0.15, -0.1) is 0 Å². The minimum atomic E-state index is -3.31. The predicted octanol–water partition coefficient (Wildman–Crippen LogP) is 1.35. The van der Waals surface area contributed by atoms with Crippen LogP contribution in [0.3, 0.4) is 0 Å². The van der Waals surface area contributed by atoms with Crippen molar-refractivity contribution in [3.05, 3.63) is 29.3 Å². The van der Waals surface area contributed by atoms with E-state index in [9.17, 15) is 18.0 Å². The second kappa shape index (κ2) is 7.28. The Hall–Kier alpha value is -1.80. The molecule has 21 heavy (non-hydrogen) atoms. The summed E-state index contributed by atoms with van der Waals surface area (Å²) in [6.07, 6.45) is 0.787. The van der Waals surface area contributed by atoms with Crippen LogP contribution in [0, 0.1) is 0 Å². The number of sulfone groups is 1. The second-order valence-electron chi connectivity index (χ2n) is 4.42. The monoisotopic (exact) mass is 334 g/mol. The van der Waals surface area contributed by atoms with Gasteiger partial charge in [-0.25, -0.2) is 18.0 Å². The summed E-state index contributed by atoms with van der Waals surface area (Å²) in [7, 11) is -3.31. The van der Waals surface area contributed by atoms with E-state index in [-0.39, 0.29) is 12.2 Å². The summed E-state index contributed by atoms with van der Waals surface area (Å²) < 4.78 is 22.1. The zero-order valence-corrected chi connectivity index (χ0v) is 12.7. The molecule has 2 amide bonds. The van der Waals surface area contributed by atoms with Crippen LogP contribution in [0.5, 0.6) is 0 Å². The van der Waals surface area contributed by atoms with Crippen LogP contribution >= 0.6 is 11.6 Å². The highest BCUT2D eigenvalue weighted by molar-refractivity contribution is 7.90. The van der Waals surface area contributed by atoms with Crippen molar-refractivity contribution in [2.75, 3.05) is 17.3 Å². The summed E-state index contributed by atoms with van der Waals surface area (Å²) in [5, 5.41) is 14.0. The Morgan fingerprint density at radius 3 is 2.57 bits per heavy atom. The van der Waals surface area contributed by atoms with Crippen LogP contribution in [0.2, 0.25) is 5.02 Å². The van der Waals surface area contributed by atoms with E-state index in [2.05, 4.69) is 10.6 Å². The first kappa shape index (κ1) is 17.3. The highest BCUT2D eigenvalue weighted by Crippen LogP contribution is 2.14. The number of amides is 2. The second-order valence-corrected chi connectivity index (χ2v) is 7.11. The van der Waals surface area contributed by atoms with Crippen molar-refractivity contribution in [2.45, 2.75) is 12.5 Å². The molecule has 0 radical (unpaired) electrons. The Morgan fingerprint density at radius 1 is 1.38 bits per heavy atom. The molecule has 0 bridgehead atoms. The van der Waals surface area contributed by atoms with Gasteiger partial charge in [0.25, 0.3) is 0 Å². The zero-order valence-electron chi connectivity index (χ0n) is 11.2. The van der Waals surface area contributed by atoms with Crippen molar-refractivity contribution in [2.24, 2.45) is 0 Å². The van der Waals surface area contributed by atoms with E-state index >= 15 is 0 Å². The summed E-state index contributed by atoms with van der Waals surface area (Å²) in [6.45, 7) is 0. The maximum Gasteiger partial charge on any atom is 0.326 e. The maximum absolute atomic E-state index is 11.7. The molecule has 0 fully saturated rings. The maximum atomic E-state index is 11.7. The fourth-order valence-corrected chi connectivity index (χ4v) is 2.34. The van der Waals surface area contributed by atoms with Gasteiger partial charge in [0.05, 0.1) is 5.75 Å². The Balaban J connectivity index is 2.62. The molecule has 1 aromatic carbocycles. The summed E-state index contributed by atoms with van der Waals surface area (Å²) in [4.78, 5) is 22.7. The number of hydrogen-bond donors (Lipinski definition) is 3. The summed E-state index contributed by atoms with van der Waals surface area (Å²) in [6, 6.07) is 4.27. The molecule has 1 aromatic rings. The van der Waals surface area contributed by atoms with Crippen LogP contribution in [-0.2, 0) is 14.6 Å². The number of hydrogen-bond acceptors (Lipinski definition) is 4. The van der Waals surface area contributed by atoms with Gasteiger partial charge in [-0.1, -0.05) is 17.7 Å². The van der Waals surface area contributed by atoms with Crippen LogP contribution in [0.25, 0.3) is 0 Å². The summed E-state index contributed by atoms with van der Waals surface area (Å²) in [5.41, 5.74) is 0.396. The van der Waals surface area contributed by atoms with Gasteiger partial charge >= 0.3 is 12.0 Å². The Bertz CT molecular complexity index is 632. The lowest BCUT2D eigenvalue weighted by Gasteiger charge is -2.14. The lowest BCUT2D eigenvalue weighted by Crippen LogP contribution is -2.43. The van der Waals surface area contributed by atoms with Crippen LogP contribution in [-0.4, -0.2) is 43.6 Å². The average molecular weight is 335 g/mol. The third-order valence-electron chi connectivity index (χ3n) is 2.46. The van der Waals surface area contributed by atoms with E-state index in [1.807, 2.05) is 0 Å². The van der Waals surface area contributed by atoms with E-state index in [1.54, 1.807) is 18.2 Å². The number of carbonyl (C=O) groups is 2. The Kier molecular flexibility index (Phi) is 5.98. The van der Waals surface area contributed by atoms with Gasteiger partial charge in [-0.2, -0.15) is 0 Å². The van der Waals surface area contributed by atoms with Crippen molar-refractivity contribution in [3.63, 3.8) is 0 Å². The van der Waals surface area contributed by atoms with Crippen molar-refractivity contribution >= 4 is 39.1 Å². The number of carboxylic acids is 1. The van der Waals surface area contributed by atoms with E-state index in [0.717, 1.165) is 6.26 Å². The highest BCUT2D eigenvalue weighted by Gasteiger charge is 2.21. The number of anilines is 1. The quantitative estimate of drug-likeness (QED) is 0.726. The van der Waals surface area contributed by atoms with E-state index in [1.165, 1.54) is 6.07 Å². The first-order chi connectivity index (χ1) is 9.67. The molecule has 1 rings (SSSR count). The number of rotatable bonds is 6. The molecule has 9 heteroatoms. The lowest BCUT2D eigenvalue weighted by atomic mass is 10.2. The molecule has 0 saturated heterocycles. The first-order valence-corrected chi connectivity index (χ1v) is 8.35. The van der Waals surface area contributed by atoms with Gasteiger partial charge < -0.3 is 15.7 Å². The highest BCUT2D eigenvalue weighted by atomic mass is 35.5. The number of nitrogens with one attached hydrogen (secondary N) is 2. The van der Waals surface area contributed by atoms with Gasteiger partial charge in [0.2, 0.25) is 0 Å². The number of aliphatic carboxylic acids is 1. The Morgan fingerprint density at radius 2 is 2.05 bits per heavy atom. The number of carbonyl (C=O) groups excluding carboxylic acids is 1. The van der Waals surface area contributed by atoms with E-state index < -0.39 is 27.9 Å². The number of urea groups is 1. The summed E-state index contributed by atoms with van der Waals surface area (Å²) >= 11 is 5.75. The van der Waals surface area contributed by atoms with Gasteiger partial charge in [-0.05, 0) is 24.6 Å². The minimum absolute atomic E-state index is 0.211. The third-order valence-corrected chi connectivity index (χ3v) is 3.68. The van der Waals surface area contributed by atoms with Gasteiger partial charge in [0.15, 0.2) is 0 Å². The molecule has 0 unspecified atom stereocenters. The third kappa shape index (κ3) is 6.96. The SMILES string of the molecule is CS(=O)(=O)CC[C@@H](NC(=O)Nc1cccc(Cl)c1)C(=O)O. The van der Waals surface area contributed by atoms with Crippen molar-refractivity contribution in [1.29, 1.82) is 0 Å². The van der Waals surface area contributed by atoms with Crippen LogP contribution in [0.15, 0.2) is 24.3 Å². The van der Waals surface area contributed by atoms with Gasteiger partial charge in [0.1, 0.15) is 15.9 Å². The number of benzene rings is 1. The van der Waals surface area contributed by atoms with Crippen LogP contribution in [0.1, 0.15) is 6.42 Å². The first-order valence-electron chi connectivity index (χ1n) is 5.91. The fraction of sp³-hybridized carbons (Fsp3) is 0.333. The molecule has 116 valence electrons. The largest absolute Gasteiger partial charge is 0.480 e. The molecule has 0 aliphatic carbocycles.